The summed E-state index contributed by atoms with van der Waals surface area (Å²) in [6.45, 7) is 1.66. The first-order chi connectivity index (χ1) is 8.18. The molecule has 1 aliphatic rings. The van der Waals surface area contributed by atoms with E-state index in [1.165, 1.54) is 11.1 Å². The van der Waals surface area contributed by atoms with Crippen LogP contribution in [0.25, 0.3) is 11.1 Å². The second kappa shape index (κ2) is 3.81. The number of rotatable bonds is 1. The summed E-state index contributed by atoms with van der Waals surface area (Å²) in [6, 6.07) is 14.3. The van der Waals surface area contributed by atoms with Gasteiger partial charge in [-0.1, -0.05) is 46.3 Å². The summed E-state index contributed by atoms with van der Waals surface area (Å²) in [6.07, 6.45) is 0. The smallest absolute Gasteiger partial charge is 0.141 e. The fourth-order valence-electron chi connectivity index (χ4n) is 2.62. The first-order valence-corrected chi connectivity index (χ1v) is 6.37. The van der Waals surface area contributed by atoms with Crippen molar-refractivity contribution in [1.29, 1.82) is 0 Å². The number of halogens is 1. The molecule has 0 spiro atoms. The molecule has 0 N–H and O–H groups in total. The lowest BCUT2D eigenvalue weighted by Gasteiger charge is -2.09. The monoisotopic (exact) mass is 286 g/mol. The van der Waals surface area contributed by atoms with Gasteiger partial charge < -0.3 is 0 Å². The van der Waals surface area contributed by atoms with Crippen molar-refractivity contribution in [2.75, 3.05) is 0 Å². The maximum Gasteiger partial charge on any atom is 0.141 e. The summed E-state index contributed by atoms with van der Waals surface area (Å²) >= 11 is 3.47. The van der Waals surface area contributed by atoms with Gasteiger partial charge >= 0.3 is 0 Å². The van der Waals surface area contributed by atoms with E-state index in [-0.39, 0.29) is 11.7 Å². The number of hydrogen-bond donors (Lipinski definition) is 0. The average Bonchev–Trinajstić information content (AvgIpc) is 2.62. The van der Waals surface area contributed by atoms with Crippen molar-refractivity contribution >= 4 is 21.7 Å². The zero-order valence-corrected chi connectivity index (χ0v) is 11.0. The van der Waals surface area contributed by atoms with Gasteiger partial charge in [0.05, 0.1) is 5.92 Å². The van der Waals surface area contributed by atoms with Crippen molar-refractivity contribution < 1.29 is 4.79 Å². The van der Waals surface area contributed by atoms with Gasteiger partial charge in [0.25, 0.3) is 0 Å². The maximum atomic E-state index is 11.9. The zero-order valence-electron chi connectivity index (χ0n) is 9.41. The summed E-state index contributed by atoms with van der Waals surface area (Å²) < 4.78 is 1.02. The maximum absolute atomic E-state index is 11.9. The fraction of sp³-hybridized carbons (Fsp3) is 0.133. The molecule has 0 amide bonds. The molecule has 2 aromatic carbocycles. The molecule has 0 heterocycles. The van der Waals surface area contributed by atoms with Gasteiger partial charge in [-0.2, -0.15) is 0 Å². The van der Waals surface area contributed by atoms with Crippen LogP contribution in [-0.4, -0.2) is 5.78 Å². The quantitative estimate of drug-likeness (QED) is 0.770. The zero-order chi connectivity index (χ0) is 12.0. The van der Waals surface area contributed by atoms with Crippen molar-refractivity contribution in [1.82, 2.24) is 0 Å². The van der Waals surface area contributed by atoms with E-state index in [0.717, 1.165) is 15.6 Å². The van der Waals surface area contributed by atoms with E-state index in [1.54, 1.807) is 6.92 Å². The van der Waals surface area contributed by atoms with Gasteiger partial charge in [-0.15, -0.1) is 0 Å². The van der Waals surface area contributed by atoms with E-state index in [4.69, 9.17) is 0 Å². The normalized spacial score (nSPS) is 16.5. The van der Waals surface area contributed by atoms with Gasteiger partial charge in [-0.05, 0) is 41.3 Å². The summed E-state index contributed by atoms with van der Waals surface area (Å²) in [4.78, 5) is 11.9. The minimum absolute atomic E-state index is 0.0984. The van der Waals surface area contributed by atoms with Gasteiger partial charge in [0.15, 0.2) is 0 Å². The van der Waals surface area contributed by atoms with Crippen LogP contribution in [0, 0.1) is 0 Å². The third kappa shape index (κ3) is 1.55. The Bertz CT molecular complexity index is 616. The lowest BCUT2D eigenvalue weighted by atomic mass is 9.93. The van der Waals surface area contributed by atoms with Crippen LogP contribution in [-0.2, 0) is 4.79 Å². The van der Waals surface area contributed by atoms with Crippen molar-refractivity contribution in [3.05, 3.63) is 58.1 Å². The van der Waals surface area contributed by atoms with Crippen LogP contribution in [0.2, 0.25) is 0 Å². The first-order valence-electron chi connectivity index (χ1n) is 5.57. The first kappa shape index (κ1) is 10.7. The molecule has 0 bridgehead atoms. The molecule has 17 heavy (non-hydrogen) atoms. The van der Waals surface area contributed by atoms with Crippen LogP contribution >= 0.6 is 15.9 Å². The highest BCUT2D eigenvalue weighted by Crippen LogP contribution is 2.45. The number of hydrogen-bond acceptors (Lipinski definition) is 1. The highest BCUT2D eigenvalue weighted by Gasteiger charge is 2.31. The molecule has 0 saturated carbocycles. The predicted molar refractivity (Wildman–Crippen MR) is 72.1 cm³/mol. The summed E-state index contributed by atoms with van der Waals surface area (Å²) in [7, 11) is 0. The Morgan fingerprint density at radius 1 is 1.06 bits per heavy atom. The topological polar surface area (TPSA) is 17.1 Å². The molecular weight excluding hydrogens is 276 g/mol. The van der Waals surface area contributed by atoms with Crippen LogP contribution in [0.3, 0.4) is 0 Å². The lowest BCUT2D eigenvalue weighted by molar-refractivity contribution is -0.117. The predicted octanol–water partition coefficient (Wildman–Crippen LogP) is 4.15. The van der Waals surface area contributed by atoms with E-state index in [1.807, 2.05) is 18.2 Å². The van der Waals surface area contributed by atoms with Crippen molar-refractivity contribution in [3.8, 4) is 11.1 Å². The second-order valence-electron chi connectivity index (χ2n) is 4.36. The van der Waals surface area contributed by atoms with E-state index in [0.29, 0.717) is 0 Å². The Kier molecular flexibility index (Phi) is 2.40. The SMILES string of the molecule is CC(=O)C1c2ccccc2-c2ccc(Br)cc21. The molecule has 0 aliphatic heterocycles. The minimum atomic E-state index is -0.0984. The molecule has 0 fully saturated rings. The second-order valence-corrected chi connectivity index (χ2v) is 5.28. The largest absolute Gasteiger partial charge is 0.299 e. The Labute approximate surface area is 109 Å². The molecule has 1 unspecified atom stereocenters. The third-order valence-electron chi connectivity index (χ3n) is 3.29. The number of ketones is 1. The molecule has 1 nitrogen and oxygen atoms in total. The van der Waals surface area contributed by atoms with E-state index < -0.39 is 0 Å². The number of carbonyl (C=O) groups excluding carboxylic acids is 1. The Balaban J connectivity index is 2.33. The highest BCUT2D eigenvalue weighted by molar-refractivity contribution is 9.10. The molecular formula is C15H11BrO. The van der Waals surface area contributed by atoms with Gasteiger partial charge in [0, 0.05) is 4.47 Å². The number of carbonyl (C=O) groups is 1. The minimum Gasteiger partial charge on any atom is -0.299 e. The van der Waals surface area contributed by atoms with E-state index in [9.17, 15) is 4.79 Å². The van der Waals surface area contributed by atoms with Crippen LogP contribution < -0.4 is 0 Å². The van der Waals surface area contributed by atoms with Crippen LogP contribution in [0.1, 0.15) is 24.0 Å². The van der Waals surface area contributed by atoms with Crippen molar-refractivity contribution in [2.45, 2.75) is 12.8 Å². The number of fused-ring (bicyclic) bond motifs is 3. The highest BCUT2D eigenvalue weighted by atomic mass is 79.9. The van der Waals surface area contributed by atoms with E-state index >= 15 is 0 Å². The van der Waals surface area contributed by atoms with Crippen LogP contribution in [0.4, 0.5) is 0 Å². The molecule has 3 rings (SSSR count). The fourth-order valence-corrected chi connectivity index (χ4v) is 3.00. The van der Waals surface area contributed by atoms with Gasteiger partial charge in [-0.3, -0.25) is 4.79 Å². The van der Waals surface area contributed by atoms with Crippen LogP contribution in [0.15, 0.2) is 46.9 Å². The molecule has 1 atom stereocenters. The Hall–Kier alpha value is -1.41. The standard InChI is InChI=1S/C15H11BrO/c1-9(17)15-13-5-3-2-4-11(13)12-7-6-10(16)8-14(12)15/h2-8,15H,1H3. The molecule has 0 saturated heterocycles. The molecule has 1 aliphatic carbocycles. The van der Waals surface area contributed by atoms with Gasteiger partial charge in [0.2, 0.25) is 0 Å². The lowest BCUT2D eigenvalue weighted by Crippen LogP contribution is -2.06. The molecule has 2 aromatic rings. The number of Topliss-reactive ketones (excluding diaryl/α,β-unsaturated/α-hetero) is 1. The summed E-state index contributed by atoms with van der Waals surface area (Å²) in [5.74, 6) is 0.105. The Morgan fingerprint density at radius 2 is 1.76 bits per heavy atom. The van der Waals surface area contributed by atoms with E-state index in [2.05, 4.69) is 40.2 Å². The summed E-state index contributed by atoms with van der Waals surface area (Å²) in [5, 5.41) is 0. The number of benzene rings is 2. The van der Waals surface area contributed by atoms with Crippen molar-refractivity contribution in [2.24, 2.45) is 0 Å². The molecule has 84 valence electrons. The van der Waals surface area contributed by atoms with Gasteiger partial charge in [-0.25, -0.2) is 0 Å². The average molecular weight is 287 g/mol. The molecule has 2 heteroatoms. The Morgan fingerprint density at radius 3 is 2.53 bits per heavy atom. The molecule has 0 radical (unpaired) electrons. The van der Waals surface area contributed by atoms with Crippen LogP contribution in [0.5, 0.6) is 0 Å². The molecule has 0 aromatic heterocycles. The third-order valence-corrected chi connectivity index (χ3v) is 3.79. The summed E-state index contributed by atoms with van der Waals surface area (Å²) in [5.41, 5.74) is 4.63. The van der Waals surface area contributed by atoms with Crippen molar-refractivity contribution in [3.63, 3.8) is 0 Å². The van der Waals surface area contributed by atoms with Gasteiger partial charge in [0.1, 0.15) is 5.78 Å².